The van der Waals surface area contributed by atoms with E-state index in [1.54, 1.807) is 0 Å². The molecule has 0 aromatic carbocycles. The van der Waals surface area contributed by atoms with Crippen molar-refractivity contribution in [3.05, 3.63) is 0 Å². The van der Waals surface area contributed by atoms with Crippen molar-refractivity contribution < 1.29 is 0 Å². The van der Waals surface area contributed by atoms with Gasteiger partial charge in [-0.2, -0.15) is 0 Å². The Balaban J connectivity index is 1.43. The summed E-state index contributed by atoms with van der Waals surface area (Å²) in [7, 11) is 2.15. The molecular weight excluding hydrogens is 360 g/mol. The summed E-state index contributed by atoms with van der Waals surface area (Å²) in [5.41, 5.74) is 0. The first-order valence-corrected chi connectivity index (χ1v) is 11.5. The number of hydrogen-bond acceptors (Lipinski definition) is 2. The predicted octanol–water partition coefficient (Wildman–Crippen LogP) is 4.09. The number of thiocarbonyl (C=S) groups is 2. The summed E-state index contributed by atoms with van der Waals surface area (Å²) in [6.07, 6.45) is 16.8. The van der Waals surface area contributed by atoms with Crippen LogP contribution >= 0.6 is 24.4 Å². The lowest BCUT2D eigenvalue weighted by Gasteiger charge is -2.33. The van der Waals surface area contributed by atoms with Gasteiger partial charge in [-0.1, -0.05) is 38.5 Å². The van der Waals surface area contributed by atoms with Crippen LogP contribution in [0.5, 0.6) is 0 Å². The molecule has 0 radical (unpaired) electrons. The monoisotopic (exact) mass is 398 g/mol. The summed E-state index contributed by atoms with van der Waals surface area (Å²) in [5.74, 6) is 0. The molecule has 0 spiro atoms. The van der Waals surface area contributed by atoms with Crippen molar-refractivity contribution in [2.45, 2.75) is 95.6 Å². The fourth-order valence-corrected chi connectivity index (χ4v) is 4.59. The molecule has 0 atom stereocenters. The van der Waals surface area contributed by atoms with Crippen molar-refractivity contribution in [1.82, 2.24) is 20.9 Å². The van der Waals surface area contributed by atoms with Crippen LogP contribution in [0.3, 0.4) is 0 Å². The summed E-state index contributed by atoms with van der Waals surface area (Å²) < 4.78 is 0. The highest BCUT2D eigenvalue weighted by Crippen LogP contribution is 2.21. The molecule has 2 aliphatic rings. The quantitative estimate of drug-likeness (QED) is 0.422. The highest BCUT2D eigenvalue weighted by Gasteiger charge is 2.19. The third-order valence-electron chi connectivity index (χ3n) is 5.80. The molecule has 6 heteroatoms. The van der Waals surface area contributed by atoms with Crippen LogP contribution in [0.25, 0.3) is 0 Å². The van der Waals surface area contributed by atoms with E-state index in [2.05, 4.69) is 27.9 Å². The molecule has 0 unspecified atom stereocenters. The minimum atomic E-state index is 0.593. The summed E-state index contributed by atoms with van der Waals surface area (Å²) >= 11 is 11.0. The molecule has 0 heterocycles. The lowest BCUT2D eigenvalue weighted by atomic mass is 9.95. The van der Waals surface area contributed by atoms with Crippen LogP contribution in [0.4, 0.5) is 0 Å². The zero-order valence-electron chi connectivity index (χ0n) is 16.5. The van der Waals surface area contributed by atoms with Crippen LogP contribution in [-0.2, 0) is 0 Å². The molecule has 0 saturated heterocycles. The molecule has 0 bridgehead atoms. The van der Waals surface area contributed by atoms with E-state index in [0.717, 1.165) is 36.2 Å². The second-order valence-electron chi connectivity index (χ2n) is 7.93. The normalized spacial score (nSPS) is 19.0. The Morgan fingerprint density at radius 3 is 2.04 bits per heavy atom. The maximum absolute atomic E-state index is 5.55. The maximum Gasteiger partial charge on any atom is 0.168 e. The molecule has 0 amide bonds. The van der Waals surface area contributed by atoms with Crippen molar-refractivity contribution in [1.29, 1.82) is 0 Å². The highest BCUT2D eigenvalue weighted by atomic mass is 32.1. The molecule has 3 N–H and O–H groups in total. The first-order chi connectivity index (χ1) is 12.7. The summed E-state index contributed by atoms with van der Waals surface area (Å²) in [6.45, 7) is 1.94. The second kappa shape index (κ2) is 12.7. The van der Waals surface area contributed by atoms with Gasteiger partial charge in [0.2, 0.25) is 0 Å². The molecule has 4 nitrogen and oxygen atoms in total. The smallest absolute Gasteiger partial charge is 0.168 e. The summed E-state index contributed by atoms with van der Waals surface area (Å²) in [6, 6.07) is 1.24. The van der Waals surface area contributed by atoms with E-state index in [-0.39, 0.29) is 0 Å². The summed E-state index contributed by atoms with van der Waals surface area (Å²) in [4.78, 5) is 2.28. The Hall–Kier alpha value is -0.620. The molecular formula is C20H38N4S2. The van der Waals surface area contributed by atoms with E-state index in [4.69, 9.17) is 24.4 Å². The van der Waals surface area contributed by atoms with Crippen molar-refractivity contribution in [3.8, 4) is 0 Å². The number of nitrogens with zero attached hydrogens (tertiary/aromatic N) is 1. The SMILES string of the molecule is CN(C(=S)NCCCCCNC(=S)NC1CCCCC1)C1CCCCC1. The second-order valence-corrected chi connectivity index (χ2v) is 8.73. The van der Waals surface area contributed by atoms with Gasteiger partial charge >= 0.3 is 0 Å². The van der Waals surface area contributed by atoms with Gasteiger partial charge in [-0.3, -0.25) is 0 Å². The molecule has 2 rings (SSSR count). The molecule has 2 saturated carbocycles. The molecule has 0 aliphatic heterocycles. The van der Waals surface area contributed by atoms with Crippen molar-refractivity contribution in [2.75, 3.05) is 20.1 Å². The fourth-order valence-electron chi connectivity index (χ4n) is 4.07. The van der Waals surface area contributed by atoms with Gasteiger partial charge in [0, 0.05) is 32.2 Å². The average molecular weight is 399 g/mol. The van der Waals surface area contributed by atoms with Crippen LogP contribution < -0.4 is 16.0 Å². The molecule has 0 aromatic rings. The Kier molecular flexibility index (Phi) is 10.6. The minimum Gasteiger partial charge on any atom is -0.363 e. The van der Waals surface area contributed by atoms with Crippen LogP contribution in [-0.4, -0.2) is 47.3 Å². The predicted molar refractivity (Wildman–Crippen MR) is 120 cm³/mol. The van der Waals surface area contributed by atoms with Gasteiger partial charge in [0.05, 0.1) is 0 Å². The zero-order valence-corrected chi connectivity index (χ0v) is 18.2. The van der Waals surface area contributed by atoms with Gasteiger partial charge in [-0.15, -0.1) is 0 Å². The number of unbranched alkanes of at least 4 members (excludes halogenated alkanes) is 2. The largest absolute Gasteiger partial charge is 0.363 e. The first kappa shape index (κ1) is 21.7. The first-order valence-electron chi connectivity index (χ1n) is 10.7. The highest BCUT2D eigenvalue weighted by molar-refractivity contribution is 7.80. The minimum absolute atomic E-state index is 0.593. The Morgan fingerprint density at radius 2 is 1.38 bits per heavy atom. The number of nitrogens with one attached hydrogen (secondary N) is 3. The van der Waals surface area contributed by atoms with Crippen LogP contribution in [0.1, 0.15) is 83.5 Å². The van der Waals surface area contributed by atoms with Gasteiger partial charge in [-0.05, 0) is 69.4 Å². The average Bonchev–Trinajstić information content (AvgIpc) is 2.68. The van der Waals surface area contributed by atoms with Crippen molar-refractivity contribution in [2.24, 2.45) is 0 Å². The van der Waals surface area contributed by atoms with Crippen molar-refractivity contribution >= 4 is 34.7 Å². The van der Waals surface area contributed by atoms with Gasteiger partial charge in [0.25, 0.3) is 0 Å². The standard InChI is InChI=1S/C20H38N4S2/c1-24(18-13-7-3-8-14-18)20(26)22-16-10-4-9-15-21-19(25)23-17-11-5-2-6-12-17/h17-18H,2-16H2,1H3,(H,22,26)(H2,21,23,25). The van der Waals surface area contributed by atoms with Gasteiger partial charge in [0.15, 0.2) is 10.2 Å². The van der Waals surface area contributed by atoms with E-state index >= 15 is 0 Å². The van der Waals surface area contributed by atoms with E-state index in [1.165, 1.54) is 70.6 Å². The Morgan fingerprint density at radius 1 is 0.808 bits per heavy atom. The van der Waals surface area contributed by atoms with E-state index in [1.807, 2.05) is 0 Å². The molecule has 0 aromatic heterocycles. The molecule has 26 heavy (non-hydrogen) atoms. The van der Waals surface area contributed by atoms with Crippen LogP contribution in [0, 0.1) is 0 Å². The summed E-state index contributed by atoms with van der Waals surface area (Å²) in [5, 5.41) is 12.0. The molecule has 2 aliphatic carbocycles. The third kappa shape index (κ3) is 8.38. The molecule has 2 fully saturated rings. The zero-order chi connectivity index (χ0) is 18.6. The number of hydrogen-bond donors (Lipinski definition) is 3. The third-order valence-corrected chi connectivity index (χ3v) is 6.49. The van der Waals surface area contributed by atoms with Crippen LogP contribution in [0.15, 0.2) is 0 Å². The Bertz CT molecular complexity index is 418. The Labute approximate surface area is 171 Å². The van der Waals surface area contributed by atoms with Gasteiger partial charge < -0.3 is 20.9 Å². The topological polar surface area (TPSA) is 39.3 Å². The van der Waals surface area contributed by atoms with Crippen LogP contribution in [0.2, 0.25) is 0 Å². The van der Waals surface area contributed by atoms with E-state index in [9.17, 15) is 0 Å². The fraction of sp³-hybridized carbons (Fsp3) is 0.900. The van der Waals surface area contributed by atoms with E-state index in [0.29, 0.717) is 12.1 Å². The van der Waals surface area contributed by atoms with Crippen molar-refractivity contribution in [3.63, 3.8) is 0 Å². The lowest BCUT2D eigenvalue weighted by molar-refractivity contribution is 0.276. The maximum atomic E-state index is 5.55. The number of rotatable bonds is 8. The van der Waals surface area contributed by atoms with E-state index < -0.39 is 0 Å². The van der Waals surface area contributed by atoms with Gasteiger partial charge in [-0.25, -0.2) is 0 Å². The lowest BCUT2D eigenvalue weighted by Crippen LogP contribution is -2.44. The van der Waals surface area contributed by atoms with Gasteiger partial charge in [0.1, 0.15) is 0 Å². The molecule has 150 valence electrons.